The minimum atomic E-state index is -0.454. The summed E-state index contributed by atoms with van der Waals surface area (Å²) in [4.78, 5) is 0. The summed E-state index contributed by atoms with van der Waals surface area (Å²) in [5.41, 5.74) is 4.71. The number of benzene rings is 1. The number of aliphatic hydroxyl groups is 2. The van der Waals surface area contributed by atoms with Gasteiger partial charge in [0.1, 0.15) is 0 Å². The highest BCUT2D eigenvalue weighted by molar-refractivity contribution is 5.71. The molecule has 2 nitrogen and oxygen atoms in total. The van der Waals surface area contributed by atoms with Gasteiger partial charge in [-0.1, -0.05) is 52.5 Å². The highest BCUT2D eigenvalue weighted by Crippen LogP contribution is 2.59. The van der Waals surface area contributed by atoms with Crippen molar-refractivity contribution in [1.82, 2.24) is 0 Å². The van der Waals surface area contributed by atoms with Gasteiger partial charge in [0.15, 0.2) is 0 Å². The Hall–Kier alpha value is -1.12. The molecule has 4 atom stereocenters. The standard InChI is InChI=1S/C21H30O2/c1-13(2)15-6-7-17-16(11-15)14(3)10-18-20(17,4)9-8-19(23)21(18,5)12-22/h6-7,11,13,18-19,22-23H,3,8-10,12H2,1-2,4-5H3/t18-,19+,20-,21-/m1/s1. The van der Waals surface area contributed by atoms with Crippen molar-refractivity contribution >= 4 is 5.57 Å². The molecule has 3 rings (SSSR count). The number of fused-ring (bicyclic) bond motifs is 3. The fourth-order valence-corrected chi connectivity index (χ4v) is 4.96. The minimum Gasteiger partial charge on any atom is -0.396 e. The number of allylic oxidation sites excluding steroid dienone is 1. The molecule has 2 N–H and O–H groups in total. The maximum Gasteiger partial charge on any atom is 0.0619 e. The van der Waals surface area contributed by atoms with Gasteiger partial charge in [-0.2, -0.15) is 0 Å². The van der Waals surface area contributed by atoms with Gasteiger partial charge in [-0.3, -0.25) is 0 Å². The molecule has 1 fully saturated rings. The van der Waals surface area contributed by atoms with Crippen molar-refractivity contribution in [1.29, 1.82) is 0 Å². The first-order chi connectivity index (χ1) is 10.7. The van der Waals surface area contributed by atoms with Crippen molar-refractivity contribution in [3.05, 3.63) is 41.5 Å². The molecule has 1 aromatic rings. The molecule has 0 saturated heterocycles. The Morgan fingerprint density at radius 3 is 2.61 bits per heavy atom. The van der Waals surface area contributed by atoms with Crippen molar-refractivity contribution in [2.45, 2.75) is 64.4 Å². The topological polar surface area (TPSA) is 40.5 Å². The van der Waals surface area contributed by atoms with Crippen molar-refractivity contribution in [3.8, 4) is 0 Å². The van der Waals surface area contributed by atoms with Crippen molar-refractivity contribution in [2.75, 3.05) is 6.61 Å². The summed E-state index contributed by atoms with van der Waals surface area (Å²) in [5, 5.41) is 20.6. The van der Waals surface area contributed by atoms with E-state index in [2.05, 4.69) is 45.5 Å². The molecule has 126 valence electrons. The third-order valence-corrected chi connectivity index (χ3v) is 6.76. The molecule has 2 heteroatoms. The third kappa shape index (κ3) is 2.30. The lowest BCUT2D eigenvalue weighted by Gasteiger charge is -2.57. The molecule has 0 unspecified atom stereocenters. The van der Waals surface area contributed by atoms with Crippen LogP contribution in [0.25, 0.3) is 5.57 Å². The Balaban J connectivity index is 2.14. The molecule has 0 radical (unpaired) electrons. The van der Waals surface area contributed by atoms with Gasteiger partial charge in [0, 0.05) is 5.41 Å². The van der Waals surface area contributed by atoms with Crippen LogP contribution in [-0.4, -0.2) is 22.9 Å². The predicted molar refractivity (Wildman–Crippen MR) is 95.5 cm³/mol. The van der Waals surface area contributed by atoms with E-state index in [1.165, 1.54) is 16.7 Å². The maximum absolute atomic E-state index is 10.5. The van der Waals surface area contributed by atoms with E-state index in [4.69, 9.17) is 0 Å². The van der Waals surface area contributed by atoms with Crippen LogP contribution in [0.4, 0.5) is 0 Å². The van der Waals surface area contributed by atoms with Gasteiger partial charge in [0.25, 0.3) is 0 Å². The van der Waals surface area contributed by atoms with Gasteiger partial charge in [0.05, 0.1) is 12.7 Å². The summed E-state index contributed by atoms with van der Waals surface area (Å²) in [6.07, 6.45) is 2.14. The lowest BCUT2D eigenvalue weighted by atomic mass is 9.48. The normalized spacial score (nSPS) is 36.7. The van der Waals surface area contributed by atoms with Crippen molar-refractivity contribution in [3.63, 3.8) is 0 Å². The molecule has 0 aliphatic heterocycles. The third-order valence-electron chi connectivity index (χ3n) is 6.76. The Morgan fingerprint density at radius 2 is 2.00 bits per heavy atom. The summed E-state index contributed by atoms with van der Waals surface area (Å²) >= 11 is 0. The lowest BCUT2D eigenvalue weighted by Crippen LogP contribution is -2.56. The van der Waals surface area contributed by atoms with Crippen LogP contribution in [0, 0.1) is 11.3 Å². The average Bonchev–Trinajstić information content (AvgIpc) is 2.53. The SMILES string of the molecule is C=C1C[C@H]2[C@@](C)(CO)[C@@H](O)CC[C@]2(C)c2ccc(C(C)C)cc21. The molecule has 1 aromatic carbocycles. The summed E-state index contributed by atoms with van der Waals surface area (Å²) < 4.78 is 0. The van der Waals surface area contributed by atoms with Gasteiger partial charge in [-0.15, -0.1) is 0 Å². The number of aliphatic hydroxyl groups excluding tert-OH is 2. The van der Waals surface area contributed by atoms with Crippen LogP contribution >= 0.6 is 0 Å². The largest absolute Gasteiger partial charge is 0.396 e. The first kappa shape index (κ1) is 16.7. The molecule has 0 spiro atoms. The molecule has 2 aliphatic carbocycles. The fourth-order valence-electron chi connectivity index (χ4n) is 4.96. The van der Waals surface area contributed by atoms with Crippen LogP contribution in [0.5, 0.6) is 0 Å². The van der Waals surface area contributed by atoms with Gasteiger partial charge in [-0.25, -0.2) is 0 Å². The van der Waals surface area contributed by atoms with Crippen LogP contribution in [0.15, 0.2) is 24.8 Å². The monoisotopic (exact) mass is 314 g/mol. The average molecular weight is 314 g/mol. The highest BCUT2D eigenvalue weighted by atomic mass is 16.3. The maximum atomic E-state index is 10.5. The molecule has 2 aliphatic rings. The zero-order valence-electron chi connectivity index (χ0n) is 14.9. The van der Waals surface area contributed by atoms with Gasteiger partial charge in [0.2, 0.25) is 0 Å². The summed E-state index contributed by atoms with van der Waals surface area (Å²) in [6, 6.07) is 6.83. The van der Waals surface area contributed by atoms with E-state index < -0.39 is 11.5 Å². The van der Waals surface area contributed by atoms with Crippen LogP contribution in [-0.2, 0) is 5.41 Å². The fraction of sp³-hybridized carbons (Fsp3) is 0.619. The number of hydrogen-bond donors (Lipinski definition) is 2. The van der Waals surface area contributed by atoms with E-state index in [-0.39, 0.29) is 17.9 Å². The first-order valence-corrected chi connectivity index (χ1v) is 8.85. The number of rotatable bonds is 2. The van der Waals surface area contributed by atoms with E-state index in [0.717, 1.165) is 24.8 Å². The highest BCUT2D eigenvalue weighted by Gasteiger charge is 2.55. The molecule has 1 saturated carbocycles. The summed E-state index contributed by atoms with van der Waals surface area (Å²) in [5.74, 6) is 0.739. The van der Waals surface area contributed by atoms with E-state index in [1.54, 1.807) is 0 Å². The van der Waals surface area contributed by atoms with Gasteiger partial charge in [-0.05, 0) is 58.8 Å². The van der Waals surface area contributed by atoms with Crippen LogP contribution in [0.2, 0.25) is 0 Å². The van der Waals surface area contributed by atoms with Crippen LogP contribution in [0.1, 0.15) is 69.6 Å². The second-order valence-electron chi connectivity index (χ2n) is 8.46. The van der Waals surface area contributed by atoms with E-state index in [0.29, 0.717) is 5.92 Å². The Kier molecular flexibility index (Phi) is 3.97. The summed E-state index contributed by atoms with van der Waals surface area (Å²) in [7, 11) is 0. The van der Waals surface area contributed by atoms with E-state index >= 15 is 0 Å². The first-order valence-electron chi connectivity index (χ1n) is 8.85. The lowest BCUT2D eigenvalue weighted by molar-refractivity contribution is -0.104. The van der Waals surface area contributed by atoms with Crippen LogP contribution in [0.3, 0.4) is 0 Å². The Morgan fingerprint density at radius 1 is 1.30 bits per heavy atom. The molecule has 23 heavy (non-hydrogen) atoms. The summed E-state index contributed by atoms with van der Waals surface area (Å²) in [6.45, 7) is 13.2. The van der Waals surface area contributed by atoms with Crippen molar-refractivity contribution < 1.29 is 10.2 Å². The Labute approximate surface area is 140 Å². The zero-order chi connectivity index (χ0) is 17.0. The molecule has 0 aromatic heterocycles. The second kappa shape index (κ2) is 5.46. The Bertz CT molecular complexity index is 633. The smallest absolute Gasteiger partial charge is 0.0619 e. The molecular weight excluding hydrogens is 284 g/mol. The van der Waals surface area contributed by atoms with E-state index in [1.807, 2.05) is 6.92 Å². The molecule has 0 heterocycles. The van der Waals surface area contributed by atoms with E-state index in [9.17, 15) is 10.2 Å². The molecule has 0 amide bonds. The number of hydrogen-bond acceptors (Lipinski definition) is 2. The van der Waals surface area contributed by atoms with Gasteiger partial charge < -0.3 is 10.2 Å². The van der Waals surface area contributed by atoms with Crippen LogP contribution < -0.4 is 0 Å². The predicted octanol–water partition coefficient (Wildman–Crippen LogP) is 4.25. The molecular formula is C21H30O2. The van der Waals surface area contributed by atoms with Gasteiger partial charge >= 0.3 is 0 Å². The minimum absolute atomic E-state index is 0.00272. The second-order valence-corrected chi connectivity index (χ2v) is 8.46. The quantitative estimate of drug-likeness (QED) is 0.856. The molecule has 0 bridgehead atoms. The van der Waals surface area contributed by atoms with Crippen molar-refractivity contribution in [2.24, 2.45) is 11.3 Å². The zero-order valence-corrected chi connectivity index (χ0v) is 14.9.